The lowest BCUT2D eigenvalue weighted by Crippen LogP contribution is -2.34. The Labute approximate surface area is 119 Å². The molecule has 3 nitrogen and oxygen atoms in total. The van der Waals surface area contributed by atoms with Gasteiger partial charge in [-0.25, -0.2) is 4.39 Å². The molecule has 0 fully saturated rings. The van der Waals surface area contributed by atoms with Gasteiger partial charge in [-0.1, -0.05) is 6.92 Å². The molecular formula is C12H15ClF4N2O. The first-order valence-corrected chi connectivity index (χ1v) is 5.56. The second-order valence-electron chi connectivity index (χ2n) is 4.33. The standard InChI is InChI=1S/C12H14F4N2O.ClH/c1-6(7(2)17)11(19)18-8-3-4-10(13)9(5-8)12(14,15)16;/h3-7H,17H2,1-2H3,(H,18,19);1H. The summed E-state index contributed by atoms with van der Waals surface area (Å²) in [5.74, 6) is -2.47. The molecule has 20 heavy (non-hydrogen) atoms. The zero-order valence-corrected chi connectivity index (χ0v) is 11.6. The summed E-state index contributed by atoms with van der Waals surface area (Å²) < 4.78 is 50.5. The number of carbonyl (C=O) groups is 1. The molecule has 0 spiro atoms. The number of hydrogen-bond acceptors (Lipinski definition) is 2. The molecule has 0 aromatic heterocycles. The molecule has 0 aliphatic carbocycles. The molecule has 1 rings (SSSR count). The Balaban J connectivity index is 0.00000361. The van der Waals surface area contributed by atoms with E-state index in [0.29, 0.717) is 12.1 Å². The Hall–Kier alpha value is -1.34. The second kappa shape index (κ2) is 6.90. The van der Waals surface area contributed by atoms with Gasteiger partial charge in [-0.05, 0) is 25.1 Å². The normalized spacial score (nSPS) is 14.2. The fraction of sp³-hybridized carbons (Fsp3) is 0.417. The lowest BCUT2D eigenvalue weighted by molar-refractivity contribution is -0.140. The van der Waals surface area contributed by atoms with Gasteiger partial charge in [0.25, 0.3) is 0 Å². The number of anilines is 1. The van der Waals surface area contributed by atoms with Crippen LogP contribution < -0.4 is 11.1 Å². The quantitative estimate of drug-likeness (QED) is 0.842. The molecule has 1 aromatic rings. The molecule has 0 bridgehead atoms. The van der Waals surface area contributed by atoms with E-state index >= 15 is 0 Å². The number of amides is 1. The van der Waals surface area contributed by atoms with Gasteiger partial charge in [0, 0.05) is 11.7 Å². The van der Waals surface area contributed by atoms with E-state index in [0.717, 1.165) is 6.07 Å². The molecule has 8 heteroatoms. The SMILES string of the molecule is CC(N)C(C)C(=O)Nc1ccc(F)c(C(F)(F)F)c1.Cl. The predicted octanol–water partition coefficient (Wildman–Crippen LogP) is 3.19. The van der Waals surface area contributed by atoms with Crippen LogP contribution in [0.15, 0.2) is 18.2 Å². The van der Waals surface area contributed by atoms with Crippen molar-refractivity contribution in [3.8, 4) is 0 Å². The highest BCUT2D eigenvalue weighted by atomic mass is 35.5. The molecule has 0 saturated heterocycles. The maximum atomic E-state index is 13.0. The lowest BCUT2D eigenvalue weighted by atomic mass is 10.0. The van der Waals surface area contributed by atoms with E-state index in [1.165, 1.54) is 0 Å². The highest BCUT2D eigenvalue weighted by Crippen LogP contribution is 2.33. The minimum absolute atomic E-state index is 0. The van der Waals surface area contributed by atoms with E-state index in [2.05, 4.69) is 5.32 Å². The lowest BCUT2D eigenvalue weighted by Gasteiger charge is -2.16. The number of rotatable bonds is 3. The third-order valence-corrected chi connectivity index (χ3v) is 2.74. The number of benzene rings is 1. The highest BCUT2D eigenvalue weighted by Gasteiger charge is 2.34. The van der Waals surface area contributed by atoms with Crippen LogP contribution in [0.3, 0.4) is 0 Å². The van der Waals surface area contributed by atoms with Crippen LogP contribution >= 0.6 is 12.4 Å². The summed E-state index contributed by atoms with van der Waals surface area (Å²) in [5, 5.41) is 2.28. The van der Waals surface area contributed by atoms with E-state index in [-0.39, 0.29) is 18.1 Å². The molecule has 0 radical (unpaired) electrons. The molecule has 0 saturated carbocycles. The summed E-state index contributed by atoms with van der Waals surface area (Å²) in [6.07, 6.45) is -4.81. The number of carbonyl (C=O) groups excluding carboxylic acids is 1. The van der Waals surface area contributed by atoms with Crippen molar-refractivity contribution >= 4 is 24.0 Å². The highest BCUT2D eigenvalue weighted by molar-refractivity contribution is 5.92. The molecule has 0 aliphatic heterocycles. The molecule has 2 atom stereocenters. The van der Waals surface area contributed by atoms with Gasteiger partial charge in [-0.15, -0.1) is 12.4 Å². The maximum Gasteiger partial charge on any atom is 0.419 e. The van der Waals surface area contributed by atoms with Crippen LogP contribution in [0.5, 0.6) is 0 Å². The van der Waals surface area contributed by atoms with Gasteiger partial charge in [0.05, 0.1) is 11.5 Å². The van der Waals surface area contributed by atoms with Crippen molar-refractivity contribution in [1.82, 2.24) is 0 Å². The molecule has 114 valence electrons. The summed E-state index contributed by atoms with van der Waals surface area (Å²) >= 11 is 0. The first-order chi connectivity index (χ1) is 8.62. The summed E-state index contributed by atoms with van der Waals surface area (Å²) in [7, 11) is 0. The minimum atomic E-state index is -4.81. The summed E-state index contributed by atoms with van der Waals surface area (Å²) in [6, 6.07) is 1.84. The minimum Gasteiger partial charge on any atom is -0.327 e. The van der Waals surface area contributed by atoms with Crippen molar-refractivity contribution in [1.29, 1.82) is 0 Å². The van der Waals surface area contributed by atoms with Gasteiger partial charge in [0.2, 0.25) is 5.91 Å². The van der Waals surface area contributed by atoms with Gasteiger partial charge in [-0.2, -0.15) is 13.2 Å². The first-order valence-electron chi connectivity index (χ1n) is 5.56. The Morgan fingerprint density at radius 1 is 1.30 bits per heavy atom. The van der Waals surface area contributed by atoms with Gasteiger partial charge in [-0.3, -0.25) is 4.79 Å². The van der Waals surface area contributed by atoms with E-state index in [1.807, 2.05) is 0 Å². The fourth-order valence-electron chi connectivity index (χ4n) is 1.32. The molecule has 0 heterocycles. The van der Waals surface area contributed by atoms with Crippen molar-refractivity contribution in [3.05, 3.63) is 29.6 Å². The van der Waals surface area contributed by atoms with E-state index in [4.69, 9.17) is 5.73 Å². The Morgan fingerprint density at radius 3 is 2.30 bits per heavy atom. The Kier molecular flexibility index (Phi) is 6.43. The smallest absolute Gasteiger partial charge is 0.327 e. The van der Waals surface area contributed by atoms with E-state index in [1.54, 1.807) is 13.8 Å². The first kappa shape index (κ1) is 18.7. The maximum absolute atomic E-state index is 13.0. The largest absolute Gasteiger partial charge is 0.419 e. The van der Waals surface area contributed by atoms with Crippen molar-refractivity contribution < 1.29 is 22.4 Å². The predicted molar refractivity (Wildman–Crippen MR) is 70.1 cm³/mol. The second-order valence-corrected chi connectivity index (χ2v) is 4.33. The van der Waals surface area contributed by atoms with Crippen molar-refractivity contribution in [2.75, 3.05) is 5.32 Å². The molecular weight excluding hydrogens is 300 g/mol. The number of alkyl halides is 3. The number of nitrogens with two attached hydrogens (primary N) is 1. The third kappa shape index (κ3) is 4.64. The summed E-state index contributed by atoms with van der Waals surface area (Å²) in [4.78, 5) is 11.6. The zero-order valence-electron chi connectivity index (χ0n) is 10.8. The van der Waals surface area contributed by atoms with Crippen molar-refractivity contribution in [3.63, 3.8) is 0 Å². The van der Waals surface area contributed by atoms with Crippen LogP contribution in [0.1, 0.15) is 19.4 Å². The monoisotopic (exact) mass is 314 g/mol. The Morgan fingerprint density at radius 2 is 1.85 bits per heavy atom. The average molecular weight is 315 g/mol. The molecule has 3 N–H and O–H groups in total. The summed E-state index contributed by atoms with van der Waals surface area (Å²) in [6.45, 7) is 3.16. The fourth-order valence-corrected chi connectivity index (χ4v) is 1.32. The molecule has 1 aromatic carbocycles. The van der Waals surface area contributed by atoms with Crippen LogP contribution in [-0.2, 0) is 11.0 Å². The van der Waals surface area contributed by atoms with Crippen LogP contribution in [0.25, 0.3) is 0 Å². The van der Waals surface area contributed by atoms with Crippen LogP contribution in [0.4, 0.5) is 23.2 Å². The van der Waals surface area contributed by atoms with Crippen molar-refractivity contribution in [2.45, 2.75) is 26.1 Å². The number of nitrogens with one attached hydrogen (secondary N) is 1. The molecule has 1 amide bonds. The molecule has 2 unspecified atom stereocenters. The van der Waals surface area contributed by atoms with E-state index in [9.17, 15) is 22.4 Å². The topological polar surface area (TPSA) is 55.1 Å². The zero-order chi connectivity index (χ0) is 14.8. The van der Waals surface area contributed by atoms with Crippen LogP contribution in [0.2, 0.25) is 0 Å². The van der Waals surface area contributed by atoms with Crippen LogP contribution in [-0.4, -0.2) is 11.9 Å². The van der Waals surface area contributed by atoms with Crippen LogP contribution in [0, 0.1) is 11.7 Å². The van der Waals surface area contributed by atoms with Crippen molar-refractivity contribution in [2.24, 2.45) is 11.7 Å². The van der Waals surface area contributed by atoms with Gasteiger partial charge < -0.3 is 11.1 Å². The third-order valence-electron chi connectivity index (χ3n) is 2.74. The van der Waals surface area contributed by atoms with E-state index < -0.39 is 35.4 Å². The number of halogens is 5. The molecule has 0 aliphatic rings. The average Bonchev–Trinajstić information content (AvgIpc) is 2.28. The Bertz CT molecular complexity index is 477. The summed E-state index contributed by atoms with van der Waals surface area (Å²) in [5.41, 5.74) is 3.98. The number of hydrogen-bond donors (Lipinski definition) is 2. The van der Waals surface area contributed by atoms with Gasteiger partial charge >= 0.3 is 6.18 Å². The van der Waals surface area contributed by atoms with Gasteiger partial charge in [0.15, 0.2) is 0 Å². The van der Waals surface area contributed by atoms with Gasteiger partial charge in [0.1, 0.15) is 5.82 Å².